The molecule has 4 nitrogen and oxygen atoms in total. The van der Waals surface area contributed by atoms with Gasteiger partial charge in [0.15, 0.2) is 0 Å². The molecule has 0 aliphatic heterocycles. The fourth-order valence-corrected chi connectivity index (χ4v) is 0.824. The minimum Gasteiger partial charge on any atom is -0.508 e. The zero-order valence-electron chi connectivity index (χ0n) is 6.27. The number of phenols is 1. The van der Waals surface area contributed by atoms with E-state index in [0.29, 0.717) is 5.56 Å². The molecular weight excluding hydrogens is 164 g/mol. The lowest BCUT2D eigenvalue weighted by Gasteiger charge is -2.05. The molecule has 12 heavy (non-hydrogen) atoms. The molecule has 0 fully saturated rings. The van der Waals surface area contributed by atoms with Crippen molar-refractivity contribution in [1.29, 1.82) is 0 Å². The summed E-state index contributed by atoms with van der Waals surface area (Å²) in [5, 5.41) is 17.4. The average molecular weight is 173 g/mol. The van der Waals surface area contributed by atoms with Crippen LogP contribution in [0.3, 0.4) is 0 Å². The number of aliphatic carboxylic acids is 1. The Morgan fingerprint density at radius 1 is 1.33 bits per heavy atom. The molecule has 1 aromatic carbocycles. The normalized spacial score (nSPS) is 12.4. The van der Waals surface area contributed by atoms with Crippen LogP contribution in [0.2, 0.25) is 0 Å². The van der Waals surface area contributed by atoms with Crippen molar-refractivity contribution in [3.8, 4) is 5.75 Å². The molecule has 0 aliphatic rings. The minimum absolute atomic E-state index is 0.0938. The summed E-state index contributed by atoms with van der Waals surface area (Å²) in [6, 6.07) is 4.74. The summed E-state index contributed by atoms with van der Waals surface area (Å²) >= 11 is 0. The molecule has 0 bridgehead atoms. The van der Waals surface area contributed by atoms with Crippen LogP contribution in [0.1, 0.15) is 11.6 Å². The third-order valence-corrected chi connectivity index (χ3v) is 1.52. The molecule has 0 aliphatic carbocycles. The van der Waals surface area contributed by atoms with Gasteiger partial charge in [-0.15, -0.1) is 0 Å². The molecule has 0 saturated carbocycles. The van der Waals surface area contributed by atoms with Gasteiger partial charge in [-0.05, 0) is 17.7 Å². The van der Waals surface area contributed by atoms with Crippen LogP contribution in [0.4, 0.5) is 0 Å². The van der Waals surface area contributed by atoms with E-state index < -0.39 is 12.0 Å². The first-order valence-electron chi connectivity index (χ1n) is 3.38. The molecule has 1 aromatic rings. The van der Waals surface area contributed by atoms with Gasteiger partial charge in [0.2, 0.25) is 0 Å². The molecule has 0 saturated heterocycles. The number of aromatic hydroxyl groups is 1. The zero-order chi connectivity index (χ0) is 9.14. The van der Waals surface area contributed by atoms with E-state index in [1.165, 1.54) is 24.3 Å². The lowest BCUT2D eigenvalue weighted by molar-refractivity contribution is -0.138. The number of benzene rings is 1. The average Bonchev–Trinajstić information content (AvgIpc) is 2.04. The molecule has 0 aromatic heterocycles. The predicted octanol–water partition coefficient (Wildman–Crippen LogP) is 0.477. The fraction of sp³-hybridized carbons (Fsp3) is 0.125. The van der Waals surface area contributed by atoms with E-state index in [2.05, 4.69) is 0 Å². The van der Waals surface area contributed by atoms with E-state index in [-0.39, 0.29) is 5.75 Å². The Kier molecular flexibility index (Phi) is 2.30. The van der Waals surface area contributed by atoms with E-state index in [4.69, 9.17) is 15.9 Å². The second-order valence-corrected chi connectivity index (χ2v) is 2.41. The molecule has 0 amide bonds. The molecular formula is C8H9NO3. The van der Waals surface area contributed by atoms with Crippen molar-refractivity contribution in [3.05, 3.63) is 29.8 Å². The van der Waals surface area contributed by atoms with Gasteiger partial charge in [0.1, 0.15) is 11.8 Å². The Morgan fingerprint density at radius 2 is 1.83 bits per heavy atom. The number of phenolic OH excluding ortho intramolecular Hbond substituents is 1. The highest BCUT2D eigenvalue weighted by atomic mass is 16.4. The minimum atomic E-state index is -1.08. The molecule has 1 atom stereocenters. The number of hydrogen-bond donors (Lipinski definition) is 3. The number of carboxylic acid groups (broad SMARTS) is 1. The van der Waals surface area contributed by atoms with E-state index in [1.807, 2.05) is 0 Å². The highest BCUT2D eigenvalue weighted by molar-refractivity contribution is 5.75. The highest BCUT2D eigenvalue weighted by Gasteiger charge is 2.13. The molecule has 1 rings (SSSR count). The predicted molar refractivity (Wildman–Crippen MR) is 42.7 cm³/mol. The second-order valence-electron chi connectivity index (χ2n) is 2.41. The van der Waals surface area contributed by atoms with E-state index >= 15 is 0 Å². The topological polar surface area (TPSA) is 83.6 Å². The van der Waals surface area contributed by atoms with Gasteiger partial charge in [-0.25, -0.2) is 0 Å². The van der Waals surface area contributed by atoms with Crippen molar-refractivity contribution in [1.82, 2.24) is 0 Å². The Morgan fingerprint density at radius 3 is 2.25 bits per heavy atom. The Hall–Kier alpha value is -1.55. The zero-order valence-corrected chi connectivity index (χ0v) is 6.27. The summed E-state index contributed by atoms with van der Waals surface area (Å²) in [6.07, 6.45) is 0. The summed E-state index contributed by atoms with van der Waals surface area (Å²) in [4.78, 5) is 10.4. The molecule has 0 heterocycles. The second kappa shape index (κ2) is 3.23. The van der Waals surface area contributed by atoms with Crippen LogP contribution < -0.4 is 5.73 Å². The van der Waals surface area contributed by atoms with Gasteiger partial charge < -0.3 is 15.9 Å². The van der Waals surface area contributed by atoms with Gasteiger partial charge in [0, 0.05) is 0 Å². The van der Waals surface area contributed by atoms with Crippen molar-refractivity contribution in [2.75, 3.05) is 0 Å². The largest absolute Gasteiger partial charge is 0.508 e. The van der Waals surface area contributed by atoms with E-state index in [1.54, 1.807) is 0 Å². The number of nitrogens with two attached hydrogens (primary N) is 1. The quantitative estimate of drug-likeness (QED) is 0.607. The van der Waals surface area contributed by atoms with Crippen LogP contribution in [-0.2, 0) is 4.79 Å². The first kappa shape index (κ1) is 8.55. The number of rotatable bonds is 2. The summed E-state index contributed by atoms with van der Waals surface area (Å²) in [5.41, 5.74) is 5.78. The monoisotopic (exact) mass is 173 g/mol. The SMILES string of the molecule is N[C@@H](C(=O)O)[13c]1[13cH][13cH][13c](O)[13cH][13cH]1. The Labute approximate surface area is 69.3 Å². The van der Waals surface area contributed by atoms with Gasteiger partial charge in [0.25, 0.3) is 0 Å². The van der Waals surface area contributed by atoms with Gasteiger partial charge in [-0.2, -0.15) is 0 Å². The Balaban J connectivity index is 2.89. The molecule has 0 unspecified atom stereocenters. The van der Waals surface area contributed by atoms with Crippen LogP contribution in [0, 0.1) is 0 Å². The highest BCUT2D eigenvalue weighted by Crippen LogP contribution is 2.14. The van der Waals surface area contributed by atoms with Gasteiger partial charge in [-0.1, -0.05) is 12.1 Å². The maximum atomic E-state index is 10.4. The van der Waals surface area contributed by atoms with Crippen molar-refractivity contribution >= 4 is 5.97 Å². The lowest BCUT2D eigenvalue weighted by atomic mass is 10.4. The van der Waals surface area contributed by atoms with Crippen LogP contribution in [0.15, 0.2) is 24.3 Å². The van der Waals surface area contributed by atoms with Gasteiger partial charge in [-0.3, -0.25) is 4.79 Å². The first-order chi connectivity index (χ1) is 5.61. The van der Waals surface area contributed by atoms with Crippen molar-refractivity contribution < 1.29 is 15.0 Å². The molecule has 4 heteroatoms. The smallest absolute Gasteiger partial charge is 0.325 e. The van der Waals surface area contributed by atoms with E-state index in [9.17, 15) is 4.79 Å². The van der Waals surface area contributed by atoms with Crippen molar-refractivity contribution in [2.45, 2.75) is 6.04 Å². The van der Waals surface area contributed by atoms with Gasteiger partial charge in [0.05, 0.1) is 0 Å². The number of carbonyl (C=O) groups is 1. The first-order valence-corrected chi connectivity index (χ1v) is 3.38. The van der Waals surface area contributed by atoms with Crippen LogP contribution in [-0.4, -0.2) is 16.2 Å². The molecule has 64 valence electrons. The summed E-state index contributed by atoms with van der Waals surface area (Å²) in [7, 11) is 0. The van der Waals surface area contributed by atoms with Crippen LogP contribution in [0.5, 0.6) is 5.75 Å². The summed E-state index contributed by atoms with van der Waals surface area (Å²) in [5.74, 6) is -0.989. The van der Waals surface area contributed by atoms with E-state index in [0.717, 1.165) is 0 Å². The van der Waals surface area contributed by atoms with Crippen LogP contribution in [0.25, 0.3) is 0 Å². The summed E-state index contributed by atoms with van der Waals surface area (Å²) < 4.78 is 0. The standard InChI is InChI=1S/C8H9NO3/c9-7(8(11)12)5-1-3-6(10)4-2-5/h1-4,7,10H,9H2,(H,11,12)/t7-/m1/s1/i1+1,2+1,3+1,4+1,5+1,6+1. The van der Waals surface area contributed by atoms with Crippen molar-refractivity contribution in [2.24, 2.45) is 5.73 Å². The third-order valence-electron chi connectivity index (χ3n) is 1.52. The summed E-state index contributed by atoms with van der Waals surface area (Å²) in [6.45, 7) is 0. The number of carboxylic acids is 1. The maximum absolute atomic E-state index is 10.4. The molecule has 0 radical (unpaired) electrons. The molecule has 0 spiro atoms. The number of hydrogen-bond acceptors (Lipinski definition) is 3. The lowest BCUT2D eigenvalue weighted by Crippen LogP contribution is -2.20. The van der Waals surface area contributed by atoms with Crippen molar-refractivity contribution in [3.63, 3.8) is 0 Å². The maximum Gasteiger partial charge on any atom is 0.325 e. The van der Waals surface area contributed by atoms with Crippen LogP contribution >= 0.6 is 0 Å². The Bertz CT molecular complexity index is 281. The molecule has 4 N–H and O–H groups in total. The third kappa shape index (κ3) is 1.73. The van der Waals surface area contributed by atoms with Gasteiger partial charge >= 0.3 is 5.97 Å². The fourth-order valence-electron chi connectivity index (χ4n) is 0.824.